The van der Waals surface area contributed by atoms with Crippen molar-refractivity contribution in [3.05, 3.63) is 217 Å². The van der Waals surface area contributed by atoms with E-state index in [0.29, 0.717) is 0 Å². The molecule has 0 bridgehead atoms. The molecule has 0 saturated carbocycles. The van der Waals surface area contributed by atoms with Gasteiger partial charge in [0.15, 0.2) is 8.07 Å². The molecule has 0 radical (unpaired) electrons. The van der Waals surface area contributed by atoms with E-state index in [-0.39, 0.29) is 5.82 Å². The van der Waals surface area contributed by atoms with E-state index in [2.05, 4.69) is 199 Å². The molecule has 0 spiro atoms. The average molecular weight is 715 g/mol. The van der Waals surface area contributed by atoms with Crippen molar-refractivity contribution < 1.29 is 4.39 Å². The Morgan fingerprint density at radius 1 is 0.407 bits per heavy atom. The summed E-state index contributed by atoms with van der Waals surface area (Å²) in [5.41, 5.74) is 8.75. The van der Waals surface area contributed by atoms with Crippen molar-refractivity contribution in [3.8, 4) is 5.69 Å². The molecule has 0 aliphatic heterocycles. The molecule has 0 N–H and O–H groups in total. The maximum absolute atomic E-state index is 14.3. The lowest BCUT2D eigenvalue weighted by Crippen LogP contribution is -2.74. The number of anilines is 3. The second-order valence-electron chi connectivity index (χ2n) is 14.1. The van der Waals surface area contributed by atoms with Crippen LogP contribution in [0.25, 0.3) is 27.5 Å². The zero-order valence-electron chi connectivity index (χ0n) is 30.3. The van der Waals surface area contributed by atoms with E-state index in [9.17, 15) is 4.39 Å². The van der Waals surface area contributed by atoms with Crippen molar-refractivity contribution in [3.63, 3.8) is 0 Å². The highest BCUT2D eigenvalue weighted by atomic mass is 28.3. The first-order chi connectivity index (χ1) is 26.5. The topological polar surface area (TPSA) is 8.17 Å². The van der Waals surface area contributed by atoms with Crippen LogP contribution in [-0.4, -0.2) is 12.6 Å². The molecule has 1 heterocycles. The summed E-state index contributed by atoms with van der Waals surface area (Å²) in [4.78, 5) is 2.33. The third kappa shape index (κ3) is 5.72. The SMILES string of the molecule is Cc1ccc(N(c2ccc(C)cc2)c2ccc3c(c2)c2cc([Si](c4ccccc4)(c4ccccc4)c4ccccc4)ccc2n3-c2ccc(F)cc2)cc1. The summed E-state index contributed by atoms with van der Waals surface area (Å²) in [6, 6.07) is 71.2. The van der Waals surface area contributed by atoms with Gasteiger partial charge in [0.1, 0.15) is 5.82 Å². The fourth-order valence-corrected chi connectivity index (χ4v) is 12.9. The Balaban J connectivity index is 1.36. The number of benzene rings is 8. The molecule has 0 unspecified atom stereocenters. The van der Waals surface area contributed by atoms with Gasteiger partial charge in [0.05, 0.1) is 11.0 Å². The van der Waals surface area contributed by atoms with Crippen LogP contribution in [0.3, 0.4) is 0 Å². The van der Waals surface area contributed by atoms with Crippen molar-refractivity contribution in [1.29, 1.82) is 0 Å². The van der Waals surface area contributed by atoms with Crippen molar-refractivity contribution in [2.75, 3.05) is 4.90 Å². The highest BCUT2D eigenvalue weighted by Gasteiger charge is 2.41. The minimum absolute atomic E-state index is 0.250. The van der Waals surface area contributed by atoms with Gasteiger partial charge in [-0.1, -0.05) is 139 Å². The quantitative estimate of drug-likeness (QED) is 0.112. The van der Waals surface area contributed by atoms with Crippen LogP contribution in [0.2, 0.25) is 0 Å². The first-order valence-corrected chi connectivity index (χ1v) is 20.5. The van der Waals surface area contributed by atoms with Gasteiger partial charge >= 0.3 is 0 Å². The van der Waals surface area contributed by atoms with Gasteiger partial charge in [0, 0.05) is 33.5 Å². The summed E-state index contributed by atoms with van der Waals surface area (Å²) in [5.74, 6) is -0.250. The van der Waals surface area contributed by atoms with Gasteiger partial charge < -0.3 is 9.47 Å². The summed E-state index contributed by atoms with van der Waals surface area (Å²) >= 11 is 0. The Bertz CT molecular complexity index is 2560. The number of hydrogen-bond acceptors (Lipinski definition) is 1. The van der Waals surface area contributed by atoms with Crippen LogP contribution in [0.5, 0.6) is 0 Å². The lowest BCUT2D eigenvalue weighted by molar-refractivity contribution is 0.627. The van der Waals surface area contributed by atoms with Gasteiger partial charge in [-0.15, -0.1) is 0 Å². The Hall–Kier alpha value is -6.49. The lowest BCUT2D eigenvalue weighted by Gasteiger charge is -2.34. The monoisotopic (exact) mass is 714 g/mol. The van der Waals surface area contributed by atoms with Gasteiger partial charge in [0.2, 0.25) is 0 Å². The summed E-state index contributed by atoms with van der Waals surface area (Å²) in [5, 5.41) is 7.58. The summed E-state index contributed by atoms with van der Waals surface area (Å²) < 4.78 is 16.6. The molecule has 0 aliphatic rings. The first-order valence-electron chi connectivity index (χ1n) is 18.5. The minimum atomic E-state index is -2.80. The Labute approximate surface area is 317 Å². The lowest BCUT2D eigenvalue weighted by atomic mass is 10.1. The maximum Gasteiger partial charge on any atom is 0.179 e. The molecule has 0 saturated heterocycles. The van der Waals surface area contributed by atoms with E-state index in [1.807, 2.05) is 12.1 Å². The second-order valence-corrected chi connectivity index (χ2v) is 17.9. The molecule has 0 aliphatic carbocycles. The zero-order chi connectivity index (χ0) is 36.6. The second kappa shape index (κ2) is 13.8. The molecule has 8 aromatic carbocycles. The normalized spacial score (nSPS) is 11.6. The zero-order valence-corrected chi connectivity index (χ0v) is 31.3. The Morgan fingerprint density at radius 2 is 0.833 bits per heavy atom. The van der Waals surface area contributed by atoms with E-state index < -0.39 is 8.07 Å². The molecule has 260 valence electrons. The summed E-state index contributed by atoms with van der Waals surface area (Å²) in [6.07, 6.45) is 0. The fraction of sp³-hybridized carbons (Fsp3) is 0.0400. The Kier molecular flexibility index (Phi) is 8.53. The van der Waals surface area contributed by atoms with Gasteiger partial charge in [-0.3, -0.25) is 0 Å². The van der Waals surface area contributed by atoms with Crippen LogP contribution in [0.1, 0.15) is 11.1 Å². The number of rotatable bonds is 8. The Morgan fingerprint density at radius 3 is 1.31 bits per heavy atom. The third-order valence-corrected chi connectivity index (χ3v) is 15.5. The number of halogens is 1. The highest BCUT2D eigenvalue weighted by molar-refractivity contribution is 7.20. The first kappa shape index (κ1) is 33.4. The summed E-state index contributed by atoms with van der Waals surface area (Å²) in [6.45, 7) is 4.25. The number of hydrogen-bond donors (Lipinski definition) is 0. The fourth-order valence-electron chi connectivity index (χ4n) is 8.15. The predicted molar refractivity (Wildman–Crippen MR) is 229 cm³/mol. The van der Waals surface area contributed by atoms with Gasteiger partial charge in [-0.2, -0.15) is 0 Å². The van der Waals surface area contributed by atoms with Crippen LogP contribution in [0.4, 0.5) is 21.5 Å². The van der Waals surface area contributed by atoms with E-state index in [0.717, 1.165) is 44.6 Å². The van der Waals surface area contributed by atoms with Crippen LogP contribution < -0.4 is 25.6 Å². The highest BCUT2D eigenvalue weighted by Crippen LogP contribution is 2.40. The molecule has 9 aromatic rings. The third-order valence-electron chi connectivity index (χ3n) is 10.7. The molecule has 2 nitrogen and oxygen atoms in total. The number of aromatic nitrogens is 1. The molecule has 0 atom stereocenters. The molecule has 9 rings (SSSR count). The molecular weight excluding hydrogens is 676 g/mol. The number of aryl methyl sites for hydroxylation is 2. The molecule has 0 fully saturated rings. The van der Waals surface area contributed by atoms with Crippen molar-refractivity contribution in [2.24, 2.45) is 0 Å². The predicted octanol–water partition coefficient (Wildman–Crippen LogP) is 10.4. The van der Waals surface area contributed by atoms with Crippen molar-refractivity contribution in [1.82, 2.24) is 4.57 Å². The average Bonchev–Trinajstić information content (AvgIpc) is 3.54. The van der Waals surface area contributed by atoms with Crippen molar-refractivity contribution >= 4 is 67.7 Å². The van der Waals surface area contributed by atoms with Crippen LogP contribution in [-0.2, 0) is 0 Å². The summed E-state index contributed by atoms with van der Waals surface area (Å²) in [7, 11) is -2.80. The molecule has 4 heteroatoms. The largest absolute Gasteiger partial charge is 0.310 e. The number of fused-ring (bicyclic) bond motifs is 3. The van der Waals surface area contributed by atoms with Gasteiger partial charge in [0.25, 0.3) is 0 Å². The standard InChI is InChI=1S/C50H39FN2Si/c1-36-18-24-39(25-19-36)52(40-26-20-37(2)21-27-40)42-30-32-49-47(34-42)48-35-46(31-33-50(48)53(49)41-28-22-38(51)23-29-41)54(43-12-6-3-7-13-43,44-14-8-4-9-15-44)45-16-10-5-11-17-45/h3-35H,1-2H3. The molecule has 54 heavy (non-hydrogen) atoms. The molecule has 0 amide bonds. The van der Waals surface area contributed by atoms with E-state index >= 15 is 0 Å². The van der Waals surface area contributed by atoms with Crippen molar-refractivity contribution in [2.45, 2.75) is 13.8 Å². The van der Waals surface area contributed by atoms with Crippen LogP contribution in [0.15, 0.2) is 200 Å². The smallest absolute Gasteiger partial charge is 0.179 e. The van der Waals surface area contributed by atoms with E-state index in [1.54, 1.807) is 12.1 Å². The van der Waals surface area contributed by atoms with E-state index in [1.165, 1.54) is 31.9 Å². The van der Waals surface area contributed by atoms with Gasteiger partial charge in [-0.25, -0.2) is 4.39 Å². The van der Waals surface area contributed by atoms with Crippen LogP contribution >= 0.6 is 0 Å². The van der Waals surface area contributed by atoms with E-state index in [4.69, 9.17) is 0 Å². The molecule has 1 aromatic heterocycles. The minimum Gasteiger partial charge on any atom is -0.310 e. The molecular formula is C50H39FN2Si. The van der Waals surface area contributed by atoms with Gasteiger partial charge in [-0.05, 0) is 107 Å². The maximum atomic E-state index is 14.3. The number of nitrogens with zero attached hydrogens (tertiary/aromatic N) is 2. The van der Waals surface area contributed by atoms with Crippen LogP contribution in [0, 0.1) is 19.7 Å².